The van der Waals surface area contributed by atoms with Gasteiger partial charge in [0.1, 0.15) is 5.69 Å². The number of ether oxygens (including phenoxy) is 1. The first kappa shape index (κ1) is 13.7. The van der Waals surface area contributed by atoms with Gasteiger partial charge in [-0.1, -0.05) is 6.92 Å². The topological polar surface area (TPSA) is 114 Å². The molecular formula is C12H18N4O3. The van der Waals surface area contributed by atoms with Crippen molar-refractivity contribution in [2.24, 2.45) is 10.9 Å². The first-order valence-electron chi connectivity index (χ1n) is 6.24. The number of aliphatic hydroxyl groups excluding tert-OH is 1. The van der Waals surface area contributed by atoms with Gasteiger partial charge in [-0.3, -0.25) is 14.8 Å². The monoisotopic (exact) mass is 266 g/mol. The van der Waals surface area contributed by atoms with Gasteiger partial charge in [-0.15, -0.1) is 0 Å². The normalized spacial score (nSPS) is 22.0. The van der Waals surface area contributed by atoms with E-state index in [1.54, 1.807) is 6.21 Å². The zero-order chi connectivity index (χ0) is 13.8. The Labute approximate surface area is 110 Å². The van der Waals surface area contributed by atoms with Crippen molar-refractivity contribution in [2.75, 3.05) is 25.6 Å². The Morgan fingerprint density at radius 1 is 1.63 bits per heavy atom. The Morgan fingerprint density at radius 3 is 3.16 bits per heavy atom. The van der Waals surface area contributed by atoms with Crippen molar-refractivity contribution in [3.63, 3.8) is 0 Å². The zero-order valence-corrected chi connectivity index (χ0v) is 10.8. The van der Waals surface area contributed by atoms with E-state index in [9.17, 15) is 4.79 Å². The number of nitrogen functional groups attached to an aromatic ring is 1. The maximum atomic E-state index is 11.8. The molecule has 1 aliphatic heterocycles. The lowest BCUT2D eigenvalue weighted by Gasteiger charge is -2.21. The second kappa shape index (κ2) is 5.94. The van der Waals surface area contributed by atoms with Crippen LogP contribution < -0.4 is 11.3 Å². The van der Waals surface area contributed by atoms with Crippen molar-refractivity contribution in [3.05, 3.63) is 16.0 Å². The number of aliphatic hydroxyl groups is 1. The highest BCUT2D eigenvalue weighted by Crippen LogP contribution is 2.32. The first-order valence-corrected chi connectivity index (χ1v) is 6.24. The number of fused-ring (bicyclic) bond motifs is 1. The number of H-pyrrole nitrogens is 1. The fourth-order valence-corrected chi connectivity index (χ4v) is 2.16. The number of aromatic nitrogens is 2. The molecule has 0 spiro atoms. The second-order valence-electron chi connectivity index (χ2n) is 4.58. The molecule has 2 heterocycles. The lowest BCUT2D eigenvalue weighted by molar-refractivity contribution is 0.0639. The minimum absolute atomic E-state index is 0.00333. The maximum absolute atomic E-state index is 11.8. The van der Waals surface area contributed by atoms with Crippen molar-refractivity contribution >= 4 is 17.9 Å². The van der Waals surface area contributed by atoms with Crippen LogP contribution in [-0.4, -0.2) is 41.1 Å². The molecule has 0 saturated heterocycles. The average Bonchev–Trinajstić information content (AvgIpc) is 2.52. The van der Waals surface area contributed by atoms with E-state index in [2.05, 4.69) is 15.0 Å². The van der Waals surface area contributed by atoms with Crippen molar-refractivity contribution in [1.29, 1.82) is 0 Å². The third kappa shape index (κ3) is 2.99. The largest absolute Gasteiger partial charge is 0.394 e. The summed E-state index contributed by atoms with van der Waals surface area (Å²) in [7, 11) is 0. The Kier molecular flexibility index (Phi) is 4.28. The predicted molar refractivity (Wildman–Crippen MR) is 71.8 cm³/mol. The Balaban J connectivity index is 2.27. The molecule has 7 nitrogen and oxygen atoms in total. The highest BCUT2D eigenvalue weighted by Gasteiger charge is 2.26. The van der Waals surface area contributed by atoms with Crippen molar-refractivity contribution in [2.45, 2.75) is 19.3 Å². The lowest BCUT2D eigenvalue weighted by atomic mass is 9.89. The fraction of sp³-hybridized carbons (Fsp3) is 0.583. The standard InChI is InChI=1S/C12H18N4O3/c1-7-8(6-19-5-4-17)2-3-14-10-9(7)15-12(13)16-11(10)18/h3,7-8,17H,2,4-6H2,1H3,(H3,13,15,16,18). The molecule has 2 rings (SSSR count). The number of nitrogens with zero attached hydrogens (tertiary/aromatic N) is 2. The van der Waals surface area contributed by atoms with Crippen LogP contribution >= 0.6 is 0 Å². The average molecular weight is 266 g/mol. The van der Waals surface area contributed by atoms with Gasteiger partial charge >= 0.3 is 0 Å². The quantitative estimate of drug-likeness (QED) is 0.673. The molecule has 104 valence electrons. The third-order valence-corrected chi connectivity index (χ3v) is 3.27. The first-order chi connectivity index (χ1) is 9.13. The van der Waals surface area contributed by atoms with Gasteiger partial charge in [0.25, 0.3) is 5.56 Å². The smallest absolute Gasteiger partial charge is 0.278 e. The molecule has 0 aliphatic carbocycles. The third-order valence-electron chi connectivity index (χ3n) is 3.27. The number of nitrogens with two attached hydrogens (primary N) is 1. The van der Waals surface area contributed by atoms with Gasteiger partial charge in [0, 0.05) is 12.1 Å². The van der Waals surface area contributed by atoms with E-state index in [1.807, 2.05) is 6.92 Å². The molecule has 1 aliphatic rings. The van der Waals surface area contributed by atoms with Crippen molar-refractivity contribution < 1.29 is 9.84 Å². The van der Waals surface area contributed by atoms with Gasteiger partial charge in [-0.2, -0.15) is 0 Å². The Morgan fingerprint density at radius 2 is 2.42 bits per heavy atom. The molecule has 2 atom stereocenters. The summed E-state index contributed by atoms with van der Waals surface area (Å²) >= 11 is 0. The molecule has 0 radical (unpaired) electrons. The van der Waals surface area contributed by atoms with Crippen LogP contribution in [0.1, 0.15) is 25.0 Å². The SMILES string of the molecule is CC1c2nc(N)[nH]c(=O)c2N=CCC1COCCO. The summed E-state index contributed by atoms with van der Waals surface area (Å²) in [6, 6.07) is 0. The molecule has 7 heteroatoms. The van der Waals surface area contributed by atoms with Crippen LogP contribution in [0.25, 0.3) is 0 Å². The number of nitrogens with one attached hydrogen (secondary N) is 1. The summed E-state index contributed by atoms with van der Waals surface area (Å²) < 4.78 is 5.37. The number of anilines is 1. The fourth-order valence-electron chi connectivity index (χ4n) is 2.16. The summed E-state index contributed by atoms with van der Waals surface area (Å²) in [4.78, 5) is 22.6. The number of aromatic amines is 1. The summed E-state index contributed by atoms with van der Waals surface area (Å²) in [5, 5.41) is 8.72. The van der Waals surface area contributed by atoms with Gasteiger partial charge in [-0.25, -0.2) is 4.98 Å². The van der Waals surface area contributed by atoms with Gasteiger partial charge < -0.3 is 15.6 Å². The number of aliphatic imine (C=N–C) groups is 1. The van der Waals surface area contributed by atoms with Crippen LogP contribution in [-0.2, 0) is 4.74 Å². The predicted octanol–water partition coefficient (Wildman–Crippen LogP) is 0.187. The van der Waals surface area contributed by atoms with Gasteiger partial charge in [0.05, 0.1) is 25.5 Å². The second-order valence-corrected chi connectivity index (χ2v) is 4.58. The number of rotatable bonds is 4. The summed E-state index contributed by atoms with van der Waals surface area (Å²) in [6.07, 6.45) is 2.41. The van der Waals surface area contributed by atoms with Crippen molar-refractivity contribution in [3.8, 4) is 0 Å². The Bertz CT molecular complexity index is 526. The molecular weight excluding hydrogens is 248 g/mol. The molecule has 0 aromatic carbocycles. The van der Waals surface area contributed by atoms with Crippen LogP contribution in [0.5, 0.6) is 0 Å². The van der Waals surface area contributed by atoms with Crippen LogP contribution in [0, 0.1) is 5.92 Å². The molecule has 0 saturated carbocycles. The van der Waals surface area contributed by atoms with Crippen LogP contribution in [0.2, 0.25) is 0 Å². The lowest BCUT2D eigenvalue weighted by Crippen LogP contribution is -2.21. The molecule has 0 fully saturated rings. The van der Waals surface area contributed by atoms with Gasteiger partial charge in [-0.05, 0) is 12.3 Å². The molecule has 0 bridgehead atoms. The van der Waals surface area contributed by atoms with Crippen molar-refractivity contribution in [1.82, 2.24) is 9.97 Å². The zero-order valence-electron chi connectivity index (χ0n) is 10.8. The van der Waals surface area contributed by atoms with E-state index >= 15 is 0 Å². The molecule has 1 aromatic heterocycles. The van der Waals surface area contributed by atoms with Gasteiger partial charge in [0.15, 0.2) is 0 Å². The van der Waals surface area contributed by atoms with Crippen LogP contribution in [0.15, 0.2) is 9.79 Å². The minimum Gasteiger partial charge on any atom is -0.394 e. The highest BCUT2D eigenvalue weighted by molar-refractivity contribution is 5.66. The molecule has 1 aromatic rings. The Hall–Kier alpha value is -1.73. The van der Waals surface area contributed by atoms with E-state index < -0.39 is 0 Å². The summed E-state index contributed by atoms with van der Waals surface area (Å²) in [6.45, 7) is 2.77. The van der Waals surface area contributed by atoms with Crippen LogP contribution in [0.3, 0.4) is 0 Å². The highest BCUT2D eigenvalue weighted by atomic mass is 16.5. The minimum atomic E-state index is -0.317. The maximum Gasteiger partial charge on any atom is 0.278 e. The molecule has 4 N–H and O–H groups in total. The molecule has 2 unspecified atom stereocenters. The number of hydrogen-bond acceptors (Lipinski definition) is 6. The van der Waals surface area contributed by atoms with E-state index in [0.717, 1.165) is 0 Å². The van der Waals surface area contributed by atoms with E-state index in [0.29, 0.717) is 31.0 Å². The molecule has 0 amide bonds. The van der Waals surface area contributed by atoms with E-state index in [4.69, 9.17) is 15.6 Å². The number of hydrogen-bond donors (Lipinski definition) is 3. The molecule has 19 heavy (non-hydrogen) atoms. The van der Waals surface area contributed by atoms with E-state index in [-0.39, 0.29) is 30.0 Å². The van der Waals surface area contributed by atoms with Gasteiger partial charge in [0.2, 0.25) is 5.95 Å². The van der Waals surface area contributed by atoms with E-state index in [1.165, 1.54) is 0 Å². The van der Waals surface area contributed by atoms with Crippen LogP contribution in [0.4, 0.5) is 11.6 Å². The summed E-state index contributed by atoms with van der Waals surface area (Å²) in [5.41, 5.74) is 6.19. The summed E-state index contributed by atoms with van der Waals surface area (Å²) in [5.74, 6) is 0.272.